The lowest BCUT2D eigenvalue weighted by atomic mass is 10.1. The van der Waals surface area contributed by atoms with Crippen molar-refractivity contribution in [1.29, 1.82) is 0 Å². The van der Waals surface area contributed by atoms with Crippen molar-refractivity contribution in [3.05, 3.63) is 65.3 Å². The van der Waals surface area contributed by atoms with Crippen LogP contribution in [0, 0.1) is 12.7 Å². The van der Waals surface area contributed by atoms with Crippen molar-refractivity contribution in [1.82, 2.24) is 10.1 Å². The number of aryl methyl sites for hydroxylation is 1. The topological polar surface area (TPSA) is 59.2 Å². The number of carbonyl (C=O) groups is 1. The summed E-state index contributed by atoms with van der Waals surface area (Å²) in [6.45, 7) is 2.20. The Morgan fingerprint density at radius 3 is 2.96 bits per heavy atom. The van der Waals surface area contributed by atoms with E-state index in [1.165, 1.54) is 12.1 Å². The molecule has 0 bridgehead atoms. The third-order valence-electron chi connectivity index (χ3n) is 4.01. The molecule has 0 N–H and O–H groups in total. The number of hydrogen-bond acceptors (Lipinski definition) is 4. The van der Waals surface area contributed by atoms with Gasteiger partial charge in [0.2, 0.25) is 17.6 Å². The van der Waals surface area contributed by atoms with Crippen LogP contribution in [0.1, 0.15) is 17.0 Å². The smallest absolute Gasteiger partial charge is 0.247 e. The van der Waals surface area contributed by atoms with Crippen LogP contribution in [0.5, 0.6) is 0 Å². The van der Waals surface area contributed by atoms with Gasteiger partial charge in [0.25, 0.3) is 0 Å². The first kappa shape index (κ1) is 14.6. The highest BCUT2D eigenvalue weighted by atomic mass is 19.1. The molecule has 1 aromatic heterocycles. The van der Waals surface area contributed by atoms with Crippen molar-refractivity contribution in [2.45, 2.75) is 19.9 Å². The molecule has 3 aromatic rings. The van der Waals surface area contributed by atoms with Crippen LogP contribution in [0.2, 0.25) is 0 Å². The van der Waals surface area contributed by atoms with Gasteiger partial charge < -0.3 is 9.42 Å². The van der Waals surface area contributed by atoms with Gasteiger partial charge in [-0.2, -0.15) is 4.98 Å². The number of benzene rings is 2. The summed E-state index contributed by atoms with van der Waals surface area (Å²) in [6, 6.07) is 11.9. The highest BCUT2D eigenvalue weighted by Gasteiger charge is 2.28. The van der Waals surface area contributed by atoms with Gasteiger partial charge in [-0.15, -0.1) is 0 Å². The summed E-state index contributed by atoms with van der Waals surface area (Å²) in [7, 11) is 0. The summed E-state index contributed by atoms with van der Waals surface area (Å²) < 4.78 is 18.5. The number of aromatic nitrogens is 2. The molecule has 1 aliphatic rings. The molecule has 1 amide bonds. The molecule has 0 radical (unpaired) electrons. The highest BCUT2D eigenvalue weighted by molar-refractivity contribution is 6.01. The fraction of sp³-hybridized carbons (Fsp3) is 0.167. The summed E-state index contributed by atoms with van der Waals surface area (Å²) >= 11 is 0. The molecule has 0 atom stereocenters. The van der Waals surface area contributed by atoms with Crippen LogP contribution in [0.4, 0.5) is 10.1 Å². The van der Waals surface area contributed by atoms with E-state index in [4.69, 9.17) is 4.52 Å². The predicted molar refractivity (Wildman–Crippen MR) is 85.8 cm³/mol. The lowest BCUT2D eigenvalue weighted by Gasteiger charge is -2.14. The molecular weight excluding hydrogens is 309 g/mol. The van der Waals surface area contributed by atoms with Crippen molar-refractivity contribution in [3.63, 3.8) is 0 Å². The van der Waals surface area contributed by atoms with Gasteiger partial charge in [0.1, 0.15) is 12.4 Å². The monoisotopic (exact) mass is 323 g/mol. The van der Waals surface area contributed by atoms with E-state index in [0.29, 0.717) is 23.7 Å². The summed E-state index contributed by atoms with van der Waals surface area (Å²) in [5.41, 5.74) is 3.53. The molecule has 1 aliphatic heterocycles. The van der Waals surface area contributed by atoms with Gasteiger partial charge in [-0.25, -0.2) is 4.39 Å². The average molecular weight is 323 g/mol. The van der Waals surface area contributed by atoms with Gasteiger partial charge in [0.15, 0.2) is 0 Å². The molecule has 5 nitrogen and oxygen atoms in total. The average Bonchev–Trinajstić information content (AvgIpc) is 3.13. The zero-order valence-corrected chi connectivity index (χ0v) is 13.0. The van der Waals surface area contributed by atoms with Gasteiger partial charge >= 0.3 is 0 Å². The van der Waals surface area contributed by atoms with Gasteiger partial charge in [-0.3, -0.25) is 4.79 Å². The summed E-state index contributed by atoms with van der Waals surface area (Å²) in [6.07, 6.45) is 0.377. The van der Waals surface area contributed by atoms with Crippen LogP contribution in [-0.4, -0.2) is 16.0 Å². The Hall–Kier alpha value is -3.02. The largest absolute Gasteiger partial charge is 0.337 e. The number of nitrogens with zero attached hydrogens (tertiary/aromatic N) is 3. The van der Waals surface area contributed by atoms with Gasteiger partial charge in [0, 0.05) is 11.3 Å². The first-order valence-electron chi connectivity index (χ1n) is 7.58. The van der Waals surface area contributed by atoms with E-state index >= 15 is 0 Å². The highest BCUT2D eigenvalue weighted by Crippen LogP contribution is 2.31. The molecule has 0 aliphatic carbocycles. The molecule has 0 spiro atoms. The number of anilines is 1. The molecule has 24 heavy (non-hydrogen) atoms. The first-order chi connectivity index (χ1) is 11.6. The lowest BCUT2D eigenvalue weighted by molar-refractivity contribution is -0.117. The van der Waals surface area contributed by atoms with E-state index in [0.717, 1.165) is 16.8 Å². The standard InChI is InChI=1S/C18H14FN3O2/c1-11-5-6-15-13(7-11)9-17(23)22(15)10-16-20-18(21-24-16)12-3-2-4-14(19)8-12/h2-8H,9-10H2,1H3. The molecule has 2 heterocycles. The first-order valence-corrected chi connectivity index (χ1v) is 7.58. The third-order valence-corrected chi connectivity index (χ3v) is 4.01. The molecule has 120 valence electrons. The zero-order valence-electron chi connectivity index (χ0n) is 13.0. The van der Waals surface area contributed by atoms with E-state index in [1.54, 1.807) is 17.0 Å². The Kier molecular flexibility index (Phi) is 3.37. The second-order valence-electron chi connectivity index (χ2n) is 5.81. The van der Waals surface area contributed by atoms with Crippen LogP contribution < -0.4 is 4.90 Å². The SMILES string of the molecule is Cc1ccc2c(c1)CC(=O)N2Cc1nc(-c2cccc(F)c2)no1. The number of carbonyl (C=O) groups excluding carboxylic acids is 1. The maximum Gasteiger partial charge on any atom is 0.247 e. The van der Waals surface area contributed by atoms with Crippen molar-refractivity contribution in [3.8, 4) is 11.4 Å². The Morgan fingerprint density at radius 1 is 1.25 bits per heavy atom. The molecule has 0 saturated heterocycles. The number of halogens is 1. The fourth-order valence-corrected chi connectivity index (χ4v) is 2.88. The predicted octanol–water partition coefficient (Wildman–Crippen LogP) is 3.27. The quantitative estimate of drug-likeness (QED) is 0.742. The maximum atomic E-state index is 13.3. The van der Waals surface area contributed by atoms with Crippen LogP contribution in [0.25, 0.3) is 11.4 Å². The molecular formula is C18H14FN3O2. The van der Waals surface area contributed by atoms with Crippen molar-refractivity contribution in [2.24, 2.45) is 0 Å². The number of hydrogen-bond donors (Lipinski definition) is 0. The molecule has 0 unspecified atom stereocenters. The zero-order chi connectivity index (χ0) is 16.7. The van der Waals surface area contributed by atoms with Crippen molar-refractivity contribution < 1.29 is 13.7 Å². The summed E-state index contributed by atoms with van der Waals surface area (Å²) in [5, 5.41) is 3.87. The Balaban J connectivity index is 1.60. The van der Waals surface area contributed by atoms with Crippen LogP contribution in [0.15, 0.2) is 47.0 Å². The molecule has 4 rings (SSSR count). The second kappa shape index (κ2) is 5.56. The van der Waals surface area contributed by atoms with E-state index in [2.05, 4.69) is 10.1 Å². The molecule has 6 heteroatoms. The van der Waals surface area contributed by atoms with Crippen LogP contribution in [-0.2, 0) is 17.8 Å². The van der Waals surface area contributed by atoms with Crippen molar-refractivity contribution >= 4 is 11.6 Å². The second-order valence-corrected chi connectivity index (χ2v) is 5.81. The van der Waals surface area contributed by atoms with Gasteiger partial charge in [-0.05, 0) is 30.7 Å². The minimum Gasteiger partial charge on any atom is -0.337 e. The number of rotatable bonds is 3. The van der Waals surface area contributed by atoms with Gasteiger partial charge in [0.05, 0.1) is 6.42 Å². The molecule has 0 saturated carbocycles. The van der Waals surface area contributed by atoms with E-state index in [9.17, 15) is 9.18 Å². The summed E-state index contributed by atoms with van der Waals surface area (Å²) in [4.78, 5) is 18.2. The molecule has 0 fully saturated rings. The Labute approximate surface area is 137 Å². The van der Waals surface area contributed by atoms with E-state index in [1.807, 2.05) is 25.1 Å². The number of amides is 1. The molecule has 2 aromatic carbocycles. The number of fused-ring (bicyclic) bond motifs is 1. The Bertz CT molecular complexity index is 936. The third kappa shape index (κ3) is 2.56. The Morgan fingerprint density at radius 2 is 2.12 bits per heavy atom. The van der Waals surface area contributed by atoms with E-state index < -0.39 is 0 Å². The maximum absolute atomic E-state index is 13.3. The summed E-state index contributed by atoms with van der Waals surface area (Å²) in [5.74, 6) is 0.260. The van der Waals surface area contributed by atoms with Crippen molar-refractivity contribution in [2.75, 3.05) is 4.90 Å². The fourth-order valence-electron chi connectivity index (χ4n) is 2.88. The van der Waals surface area contributed by atoms with E-state index in [-0.39, 0.29) is 18.3 Å². The normalized spacial score (nSPS) is 13.4. The van der Waals surface area contributed by atoms with Crippen LogP contribution in [0.3, 0.4) is 0 Å². The lowest BCUT2D eigenvalue weighted by Crippen LogP contribution is -2.26. The minimum absolute atomic E-state index is 0.00102. The minimum atomic E-state index is -0.363. The van der Waals surface area contributed by atoms with Crippen LogP contribution >= 0.6 is 0 Å². The van der Waals surface area contributed by atoms with Gasteiger partial charge in [-0.1, -0.05) is 35.0 Å².